The third-order valence-corrected chi connectivity index (χ3v) is 6.52. The van der Waals surface area contributed by atoms with Gasteiger partial charge in [0, 0.05) is 55.4 Å². The molecule has 39 heavy (non-hydrogen) atoms. The van der Waals surface area contributed by atoms with E-state index < -0.39 is 23.4 Å². The first kappa shape index (κ1) is 27.8. The minimum Gasteiger partial charge on any atom is -0.333 e. The largest absolute Gasteiger partial charge is 0.333 e. The summed E-state index contributed by atoms with van der Waals surface area (Å²) in [4.78, 5) is 18.8. The molecule has 2 aromatic carbocycles. The first-order valence-corrected chi connectivity index (χ1v) is 11.8. The highest BCUT2D eigenvalue weighted by Gasteiger charge is 2.26. The molecule has 1 N–H and O–H groups in total. The Bertz CT molecular complexity index is 1630. The predicted molar refractivity (Wildman–Crippen MR) is 140 cm³/mol. The number of nitriles is 1. The molecular weight excluding hydrogens is 534 g/mol. The Balaban J connectivity index is 0.00000353. The van der Waals surface area contributed by atoms with Gasteiger partial charge in [-0.25, -0.2) is 22.9 Å². The maximum Gasteiger partial charge on any atom is 0.326 e. The van der Waals surface area contributed by atoms with E-state index >= 15 is 0 Å². The Morgan fingerprint density at radius 1 is 1.10 bits per heavy atom. The average molecular weight is 556 g/mol. The van der Waals surface area contributed by atoms with E-state index in [4.69, 9.17) is 0 Å². The summed E-state index contributed by atoms with van der Waals surface area (Å²) in [6.45, 7) is 1.56. The molecule has 3 heterocycles. The molecule has 1 amide bonds. The van der Waals surface area contributed by atoms with E-state index in [1.165, 1.54) is 24.4 Å². The predicted octanol–water partition coefficient (Wildman–Crippen LogP) is 5.72. The maximum atomic E-state index is 14.0. The van der Waals surface area contributed by atoms with Crippen LogP contribution in [0.15, 0.2) is 54.7 Å². The van der Waals surface area contributed by atoms with Crippen LogP contribution in [0.2, 0.25) is 0 Å². The minimum absolute atomic E-state index is 0. The molecule has 4 aromatic rings. The summed E-state index contributed by atoms with van der Waals surface area (Å²) in [6, 6.07) is 11.8. The summed E-state index contributed by atoms with van der Waals surface area (Å²) in [7, 11) is 0. The van der Waals surface area contributed by atoms with Crippen molar-refractivity contribution in [3.8, 4) is 6.07 Å². The van der Waals surface area contributed by atoms with Crippen molar-refractivity contribution in [2.45, 2.75) is 19.5 Å². The fraction of sp³-hybridized carbons (Fsp3) is 0.179. The molecule has 200 valence electrons. The van der Waals surface area contributed by atoms with Crippen LogP contribution in [0.3, 0.4) is 0 Å². The second kappa shape index (κ2) is 11.7. The van der Waals surface area contributed by atoms with Crippen molar-refractivity contribution in [2.24, 2.45) is 0 Å². The molecule has 2 aromatic heterocycles. The standard InChI is InChI=1S/C28H21F4N5O.ClH/c29-22-5-4-19(26(31)27(22)32)2-1-10-36-11-8-24-21(16-36)20-12-17(14-33)3-6-23(20)37(24)28(38)35-15-18-7-9-34-25(30)13-18;/h1-7,9,12-13H,8,10-11,15-16H2,(H,35,38);1H/b2-1+;. The molecule has 0 bridgehead atoms. The Hall–Kier alpha value is -4.20. The van der Waals surface area contributed by atoms with Crippen LogP contribution in [0.4, 0.5) is 22.4 Å². The molecule has 0 saturated heterocycles. The van der Waals surface area contributed by atoms with Gasteiger partial charge in [-0.05, 0) is 53.6 Å². The third-order valence-electron chi connectivity index (χ3n) is 6.52. The Kier molecular flexibility index (Phi) is 8.33. The Labute approximate surface area is 227 Å². The van der Waals surface area contributed by atoms with Crippen molar-refractivity contribution >= 4 is 35.4 Å². The molecule has 5 rings (SSSR count). The third kappa shape index (κ3) is 5.65. The van der Waals surface area contributed by atoms with Crippen LogP contribution in [0.1, 0.15) is 27.9 Å². The van der Waals surface area contributed by atoms with Gasteiger partial charge in [0.25, 0.3) is 0 Å². The molecular formula is C28H22ClF4N5O. The van der Waals surface area contributed by atoms with Gasteiger partial charge in [0.15, 0.2) is 17.5 Å². The molecule has 1 aliphatic heterocycles. The topological polar surface area (TPSA) is 74.0 Å². The number of nitrogens with zero attached hydrogens (tertiary/aromatic N) is 4. The Morgan fingerprint density at radius 3 is 2.69 bits per heavy atom. The van der Waals surface area contributed by atoms with Crippen LogP contribution in [0, 0.1) is 34.7 Å². The zero-order valence-corrected chi connectivity index (χ0v) is 21.2. The van der Waals surface area contributed by atoms with Crippen LogP contribution in [-0.2, 0) is 19.5 Å². The average Bonchev–Trinajstić information content (AvgIpc) is 3.24. The quantitative estimate of drug-likeness (QED) is 0.194. The van der Waals surface area contributed by atoms with Crippen LogP contribution in [-0.4, -0.2) is 33.6 Å². The number of carbonyl (C=O) groups excluding carboxylic acids is 1. The SMILES string of the molecule is Cl.N#Cc1ccc2c(c1)c1c(n2C(=O)NCc2ccnc(F)c2)CCN(C/C=C/c2ccc(F)c(F)c2F)C1. The van der Waals surface area contributed by atoms with E-state index in [0.29, 0.717) is 42.7 Å². The summed E-state index contributed by atoms with van der Waals surface area (Å²) in [5.74, 6) is -4.63. The van der Waals surface area contributed by atoms with Gasteiger partial charge in [0.05, 0.1) is 17.1 Å². The number of carbonyl (C=O) groups is 1. The summed E-state index contributed by atoms with van der Waals surface area (Å²) < 4.78 is 55.7. The van der Waals surface area contributed by atoms with Gasteiger partial charge in [-0.1, -0.05) is 12.2 Å². The smallest absolute Gasteiger partial charge is 0.326 e. The molecule has 0 unspecified atom stereocenters. The normalized spacial score (nSPS) is 13.2. The van der Waals surface area contributed by atoms with Crippen molar-refractivity contribution in [1.82, 2.24) is 19.8 Å². The van der Waals surface area contributed by atoms with Crippen molar-refractivity contribution in [2.75, 3.05) is 13.1 Å². The highest BCUT2D eigenvalue weighted by atomic mass is 35.5. The highest BCUT2D eigenvalue weighted by molar-refractivity contribution is 5.96. The first-order valence-electron chi connectivity index (χ1n) is 11.8. The van der Waals surface area contributed by atoms with Gasteiger partial charge in [-0.15, -0.1) is 12.4 Å². The number of nitrogens with one attached hydrogen (secondary N) is 1. The van der Waals surface area contributed by atoms with Gasteiger partial charge in [-0.2, -0.15) is 9.65 Å². The van der Waals surface area contributed by atoms with Gasteiger partial charge in [-0.3, -0.25) is 9.47 Å². The summed E-state index contributed by atoms with van der Waals surface area (Å²) in [5, 5.41) is 13.0. The first-order chi connectivity index (χ1) is 18.4. The van der Waals surface area contributed by atoms with E-state index in [1.807, 2.05) is 0 Å². The van der Waals surface area contributed by atoms with Gasteiger partial charge in [0.1, 0.15) is 0 Å². The van der Waals surface area contributed by atoms with Crippen LogP contribution >= 0.6 is 12.4 Å². The number of hydrogen-bond acceptors (Lipinski definition) is 4. The number of benzene rings is 2. The van der Waals surface area contributed by atoms with E-state index in [0.717, 1.165) is 22.7 Å². The molecule has 0 saturated carbocycles. The zero-order valence-electron chi connectivity index (χ0n) is 20.4. The summed E-state index contributed by atoms with van der Waals surface area (Å²) >= 11 is 0. The van der Waals surface area contributed by atoms with E-state index in [9.17, 15) is 27.6 Å². The fourth-order valence-electron chi connectivity index (χ4n) is 4.68. The lowest BCUT2D eigenvalue weighted by atomic mass is 10.0. The van der Waals surface area contributed by atoms with Gasteiger partial charge >= 0.3 is 6.03 Å². The highest BCUT2D eigenvalue weighted by Crippen LogP contribution is 2.32. The van der Waals surface area contributed by atoms with Gasteiger partial charge < -0.3 is 5.32 Å². The van der Waals surface area contributed by atoms with Crippen LogP contribution < -0.4 is 5.32 Å². The number of hydrogen-bond donors (Lipinski definition) is 1. The van der Waals surface area contributed by atoms with E-state index in [-0.39, 0.29) is 30.5 Å². The number of pyridine rings is 1. The van der Waals surface area contributed by atoms with Crippen LogP contribution in [0.5, 0.6) is 0 Å². The number of fused-ring (bicyclic) bond motifs is 3. The molecule has 11 heteroatoms. The molecule has 0 spiro atoms. The summed E-state index contributed by atoms with van der Waals surface area (Å²) in [5.41, 5.74) is 3.31. The van der Waals surface area contributed by atoms with Crippen molar-refractivity contribution in [3.05, 3.63) is 106 Å². The maximum absolute atomic E-state index is 14.0. The van der Waals surface area contributed by atoms with Crippen LogP contribution in [0.25, 0.3) is 17.0 Å². The van der Waals surface area contributed by atoms with Crippen molar-refractivity contribution in [3.63, 3.8) is 0 Å². The molecule has 6 nitrogen and oxygen atoms in total. The molecule has 0 aliphatic carbocycles. The number of halogens is 5. The van der Waals surface area contributed by atoms with Crippen molar-refractivity contribution < 1.29 is 22.4 Å². The number of amides is 1. The molecule has 1 aliphatic rings. The Morgan fingerprint density at radius 2 is 1.92 bits per heavy atom. The van der Waals surface area contributed by atoms with E-state index in [1.54, 1.807) is 34.9 Å². The lowest BCUT2D eigenvalue weighted by Gasteiger charge is -2.27. The van der Waals surface area contributed by atoms with Crippen molar-refractivity contribution in [1.29, 1.82) is 5.26 Å². The lowest BCUT2D eigenvalue weighted by Crippen LogP contribution is -2.34. The minimum atomic E-state index is -1.51. The monoisotopic (exact) mass is 555 g/mol. The molecule has 0 radical (unpaired) electrons. The molecule has 0 fully saturated rings. The molecule has 0 atom stereocenters. The number of aromatic nitrogens is 2. The second-order valence-electron chi connectivity index (χ2n) is 8.90. The fourth-order valence-corrected chi connectivity index (χ4v) is 4.68. The second-order valence-corrected chi connectivity index (χ2v) is 8.90. The van der Waals surface area contributed by atoms with E-state index in [2.05, 4.69) is 21.3 Å². The summed E-state index contributed by atoms with van der Waals surface area (Å²) in [6.07, 6.45) is 4.93. The zero-order chi connectivity index (χ0) is 26.8. The lowest BCUT2D eigenvalue weighted by molar-refractivity contribution is 0.240. The number of rotatable bonds is 5. The van der Waals surface area contributed by atoms with Gasteiger partial charge in [0.2, 0.25) is 5.95 Å².